The Hall–Kier alpha value is -7.45. The van der Waals surface area contributed by atoms with Crippen LogP contribution in [0.25, 0.3) is 82.4 Å². The van der Waals surface area contributed by atoms with Crippen LogP contribution >= 0.6 is 0 Å². The summed E-state index contributed by atoms with van der Waals surface area (Å²) in [4.78, 5) is 0. The van der Waals surface area contributed by atoms with E-state index in [1.54, 1.807) is 6.07 Å². The van der Waals surface area contributed by atoms with Gasteiger partial charge in [0.15, 0.2) is 0 Å². The number of para-hydroxylation sites is 1. The van der Waals surface area contributed by atoms with Crippen molar-refractivity contribution in [3.05, 3.63) is 174 Å². The minimum atomic E-state index is 0.397. The zero-order valence-corrected chi connectivity index (χ0v) is 27.3. The Balaban J connectivity index is 1.21. The van der Waals surface area contributed by atoms with Gasteiger partial charge in [0.2, 0.25) is 0 Å². The summed E-state index contributed by atoms with van der Waals surface area (Å²) in [6.45, 7) is 0. The van der Waals surface area contributed by atoms with Crippen molar-refractivity contribution in [1.82, 2.24) is 4.57 Å². The molecule has 0 aliphatic rings. The van der Waals surface area contributed by atoms with Crippen LogP contribution in [0.4, 0.5) is 0 Å². The molecule has 0 aliphatic heterocycles. The first-order valence-electron chi connectivity index (χ1n) is 16.7. The number of nitriles is 3. The average molecular weight is 647 g/mol. The molecule has 0 aliphatic carbocycles. The van der Waals surface area contributed by atoms with E-state index < -0.39 is 0 Å². The second-order valence-corrected chi connectivity index (χ2v) is 12.6. The molecule has 0 spiro atoms. The summed E-state index contributed by atoms with van der Waals surface area (Å²) in [5.74, 6) is 0. The largest absolute Gasteiger partial charge is 0.307 e. The van der Waals surface area contributed by atoms with Crippen molar-refractivity contribution in [2.75, 3.05) is 0 Å². The molecule has 0 saturated heterocycles. The van der Waals surface area contributed by atoms with E-state index in [2.05, 4.69) is 115 Å². The molecule has 234 valence electrons. The molecule has 9 aromatic rings. The van der Waals surface area contributed by atoms with Gasteiger partial charge in [-0.3, -0.25) is 0 Å². The standard InChI is InChI=1S/C47H26N4/c48-27-30-18-23-44-42(24-30)37-12-8-9-17-43(37)51(44)47-35(28-49)25-34(26-36(47)29-50)31-19-21-33(22-20-31)46-40-15-6-4-13-38(40)45(32-10-2-1-3-11-32)39-14-5-7-16-41(39)46/h1-26H. The van der Waals surface area contributed by atoms with Crippen molar-refractivity contribution >= 4 is 43.4 Å². The van der Waals surface area contributed by atoms with E-state index in [0.717, 1.165) is 38.5 Å². The third-order valence-electron chi connectivity index (χ3n) is 9.88. The fourth-order valence-electron chi connectivity index (χ4n) is 7.68. The fraction of sp³-hybridized carbons (Fsp3) is 0. The first kappa shape index (κ1) is 29.7. The molecule has 0 N–H and O–H groups in total. The molecule has 0 unspecified atom stereocenters. The molecule has 0 amide bonds. The van der Waals surface area contributed by atoms with E-state index in [9.17, 15) is 15.8 Å². The van der Waals surface area contributed by atoms with E-state index in [1.807, 2.05) is 59.2 Å². The molecule has 1 aromatic heterocycles. The van der Waals surface area contributed by atoms with Gasteiger partial charge >= 0.3 is 0 Å². The zero-order chi connectivity index (χ0) is 34.5. The van der Waals surface area contributed by atoms with Gasteiger partial charge in [0, 0.05) is 10.8 Å². The third-order valence-corrected chi connectivity index (χ3v) is 9.88. The summed E-state index contributed by atoms with van der Waals surface area (Å²) in [5, 5.41) is 37.2. The number of rotatable bonds is 4. The number of benzene rings is 8. The lowest BCUT2D eigenvalue weighted by atomic mass is 9.85. The maximum Gasteiger partial charge on any atom is 0.101 e. The highest BCUT2D eigenvalue weighted by molar-refractivity contribution is 6.21. The highest BCUT2D eigenvalue weighted by Crippen LogP contribution is 2.44. The van der Waals surface area contributed by atoms with Crippen molar-refractivity contribution in [2.45, 2.75) is 0 Å². The molecule has 0 bridgehead atoms. The molecule has 0 atom stereocenters. The second kappa shape index (κ2) is 11.9. The summed E-state index contributed by atoms with van der Waals surface area (Å²) >= 11 is 0. The molecule has 51 heavy (non-hydrogen) atoms. The van der Waals surface area contributed by atoms with Gasteiger partial charge in [0.05, 0.1) is 39.5 Å². The van der Waals surface area contributed by atoms with Crippen LogP contribution in [0, 0.1) is 34.0 Å². The molecular weight excluding hydrogens is 621 g/mol. The maximum absolute atomic E-state index is 10.5. The second-order valence-electron chi connectivity index (χ2n) is 12.6. The lowest BCUT2D eigenvalue weighted by molar-refractivity contribution is 1.15. The Morgan fingerprint density at radius 1 is 0.353 bits per heavy atom. The van der Waals surface area contributed by atoms with E-state index in [4.69, 9.17) is 0 Å². The van der Waals surface area contributed by atoms with Gasteiger partial charge in [0.1, 0.15) is 12.1 Å². The van der Waals surface area contributed by atoms with E-state index in [0.29, 0.717) is 22.4 Å². The third kappa shape index (κ3) is 4.66. The molecule has 4 heteroatoms. The lowest BCUT2D eigenvalue weighted by Crippen LogP contribution is -2.02. The molecule has 1 heterocycles. The number of aromatic nitrogens is 1. The van der Waals surface area contributed by atoms with Crippen LogP contribution in [0.2, 0.25) is 0 Å². The fourth-order valence-corrected chi connectivity index (χ4v) is 7.68. The van der Waals surface area contributed by atoms with Crippen molar-refractivity contribution in [2.24, 2.45) is 0 Å². The van der Waals surface area contributed by atoms with Gasteiger partial charge in [-0.1, -0.05) is 121 Å². The number of fused-ring (bicyclic) bond motifs is 5. The molecular formula is C47H26N4. The Kier molecular flexibility index (Phi) is 6.93. The van der Waals surface area contributed by atoms with Crippen molar-refractivity contribution < 1.29 is 0 Å². The van der Waals surface area contributed by atoms with Crippen molar-refractivity contribution in [1.29, 1.82) is 15.8 Å². The van der Waals surface area contributed by atoms with Crippen LogP contribution in [0.1, 0.15) is 16.7 Å². The molecule has 0 radical (unpaired) electrons. The maximum atomic E-state index is 10.5. The molecule has 9 rings (SSSR count). The first-order chi connectivity index (χ1) is 25.2. The topological polar surface area (TPSA) is 76.3 Å². The average Bonchev–Trinajstić information content (AvgIpc) is 3.52. The first-order valence-corrected chi connectivity index (χ1v) is 16.7. The molecule has 4 nitrogen and oxygen atoms in total. The molecule has 8 aromatic carbocycles. The number of hydrogen-bond acceptors (Lipinski definition) is 3. The predicted molar refractivity (Wildman–Crippen MR) is 206 cm³/mol. The summed E-state index contributed by atoms with van der Waals surface area (Å²) in [5.41, 5.74) is 9.95. The number of nitrogens with zero attached hydrogens (tertiary/aromatic N) is 4. The van der Waals surface area contributed by atoms with E-state index >= 15 is 0 Å². The highest BCUT2D eigenvalue weighted by atomic mass is 15.0. The van der Waals surface area contributed by atoms with Crippen LogP contribution in [-0.4, -0.2) is 4.57 Å². The Bertz CT molecular complexity index is 2890. The van der Waals surface area contributed by atoms with Gasteiger partial charge in [-0.2, -0.15) is 15.8 Å². The lowest BCUT2D eigenvalue weighted by Gasteiger charge is -2.18. The quantitative estimate of drug-likeness (QED) is 0.179. The van der Waals surface area contributed by atoms with Crippen LogP contribution in [0.15, 0.2) is 158 Å². The smallest absolute Gasteiger partial charge is 0.101 e. The van der Waals surface area contributed by atoms with Gasteiger partial charge in [-0.05, 0) is 91.3 Å². The highest BCUT2D eigenvalue weighted by Gasteiger charge is 2.21. The summed E-state index contributed by atoms with van der Waals surface area (Å²) in [7, 11) is 0. The van der Waals surface area contributed by atoms with Crippen LogP contribution in [-0.2, 0) is 0 Å². The SMILES string of the molecule is N#Cc1ccc2c(c1)c1ccccc1n2-c1c(C#N)cc(-c2ccc(-c3c4ccccc4c(-c4ccccc4)c4ccccc34)cc2)cc1C#N. The molecule has 0 saturated carbocycles. The van der Waals surface area contributed by atoms with Gasteiger partial charge < -0.3 is 4.57 Å². The number of hydrogen-bond donors (Lipinski definition) is 0. The summed E-state index contributed by atoms with van der Waals surface area (Å²) in [6, 6.07) is 60.3. The van der Waals surface area contributed by atoms with Crippen LogP contribution < -0.4 is 0 Å². The van der Waals surface area contributed by atoms with Crippen LogP contribution in [0.3, 0.4) is 0 Å². The Morgan fingerprint density at radius 3 is 1.37 bits per heavy atom. The zero-order valence-electron chi connectivity index (χ0n) is 27.3. The van der Waals surface area contributed by atoms with Crippen molar-refractivity contribution in [3.8, 4) is 57.3 Å². The minimum Gasteiger partial charge on any atom is -0.307 e. The van der Waals surface area contributed by atoms with Crippen LogP contribution in [0.5, 0.6) is 0 Å². The monoisotopic (exact) mass is 646 g/mol. The van der Waals surface area contributed by atoms with E-state index in [-0.39, 0.29) is 0 Å². The molecule has 0 fully saturated rings. The van der Waals surface area contributed by atoms with E-state index in [1.165, 1.54) is 38.2 Å². The summed E-state index contributed by atoms with van der Waals surface area (Å²) in [6.07, 6.45) is 0. The Labute approximate surface area is 294 Å². The summed E-state index contributed by atoms with van der Waals surface area (Å²) < 4.78 is 1.98. The Morgan fingerprint density at radius 2 is 0.824 bits per heavy atom. The van der Waals surface area contributed by atoms with Gasteiger partial charge in [0.25, 0.3) is 0 Å². The minimum absolute atomic E-state index is 0.397. The van der Waals surface area contributed by atoms with Gasteiger partial charge in [-0.15, -0.1) is 0 Å². The predicted octanol–water partition coefficient (Wildman–Crippen LogP) is 11.7. The van der Waals surface area contributed by atoms with Crippen molar-refractivity contribution in [3.63, 3.8) is 0 Å². The normalized spacial score (nSPS) is 11.1. The van der Waals surface area contributed by atoms with Gasteiger partial charge in [-0.25, -0.2) is 0 Å².